The van der Waals surface area contributed by atoms with Crippen molar-refractivity contribution in [3.05, 3.63) is 69.8 Å². The lowest BCUT2D eigenvalue weighted by Crippen LogP contribution is -2.03. The highest BCUT2D eigenvalue weighted by Crippen LogP contribution is 2.46. The fourth-order valence-corrected chi connectivity index (χ4v) is 4.83. The normalized spacial score (nSPS) is 11.7. The molecule has 0 fully saturated rings. The van der Waals surface area contributed by atoms with Crippen LogP contribution in [0.4, 0.5) is 5.69 Å². The summed E-state index contributed by atoms with van der Waals surface area (Å²) in [7, 11) is 2.93. The van der Waals surface area contributed by atoms with Crippen molar-refractivity contribution in [2.45, 2.75) is 15.6 Å². The maximum absolute atomic E-state index is 10.9. The van der Waals surface area contributed by atoms with Gasteiger partial charge in [0.05, 0.1) is 11.5 Å². The number of rotatable bonds is 8. The summed E-state index contributed by atoms with van der Waals surface area (Å²) in [5.41, 5.74) is 1.19. The number of nitrogens with zero attached hydrogens (tertiary/aromatic N) is 1. The molecule has 0 aliphatic heterocycles. The van der Waals surface area contributed by atoms with Gasteiger partial charge in [0.2, 0.25) is 3.79 Å². The number of para-hydroxylation sites is 1. The van der Waals surface area contributed by atoms with Crippen LogP contribution in [-0.2, 0) is 3.79 Å². The van der Waals surface area contributed by atoms with Gasteiger partial charge in [-0.15, -0.1) is 0 Å². The summed E-state index contributed by atoms with van der Waals surface area (Å²) in [5.74, 6) is 1.53. The number of alkyl halides is 3. The molecule has 0 bridgehead atoms. The van der Waals surface area contributed by atoms with Crippen LogP contribution in [0.2, 0.25) is 0 Å². The average molecular weight is 465 g/mol. The van der Waals surface area contributed by atoms with Crippen LogP contribution in [0.5, 0.6) is 5.75 Å². The lowest BCUT2D eigenvalue weighted by atomic mass is 10.2. The lowest BCUT2D eigenvalue weighted by molar-refractivity contribution is -0.385. The van der Waals surface area contributed by atoms with E-state index >= 15 is 0 Å². The third-order valence-electron chi connectivity index (χ3n) is 3.31. The lowest BCUT2D eigenvalue weighted by Gasteiger charge is -2.15. The highest BCUT2D eigenvalue weighted by molar-refractivity contribution is 8.76. The third-order valence-corrected chi connectivity index (χ3v) is 6.20. The first-order valence-corrected chi connectivity index (χ1v) is 11.3. The number of non-ortho nitro benzene ring substituents is 1. The van der Waals surface area contributed by atoms with Gasteiger partial charge in [-0.2, -0.15) is 0 Å². The van der Waals surface area contributed by atoms with Crippen LogP contribution in [0, 0.1) is 10.1 Å². The van der Waals surface area contributed by atoms with Gasteiger partial charge >= 0.3 is 0 Å². The maximum Gasteiger partial charge on any atom is 0.269 e. The second kappa shape index (κ2) is 10.5. The summed E-state index contributed by atoms with van der Waals surface area (Å²) < 4.78 is 3.85. The molecule has 0 radical (unpaired) electrons. The molecule has 0 spiro atoms. The Labute approximate surface area is 180 Å². The fourth-order valence-electron chi connectivity index (χ4n) is 2.14. The first-order valence-electron chi connectivity index (χ1n) is 7.86. The van der Waals surface area contributed by atoms with E-state index in [4.69, 9.17) is 39.5 Å². The summed E-state index contributed by atoms with van der Waals surface area (Å²) >= 11 is 17.9. The van der Waals surface area contributed by atoms with Crippen molar-refractivity contribution in [3.63, 3.8) is 0 Å². The minimum absolute atomic E-state index is 0.113. The molecule has 144 valence electrons. The van der Waals surface area contributed by atoms with E-state index in [2.05, 4.69) is 0 Å². The Morgan fingerprint density at radius 1 is 1.22 bits per heavy atom. The third kappa shape index (κ3) is 6.80. The monoisotopic (exact) mass is 463 g/mol. The largest absolute Gasteiger partial charge is 0.493 e. The first kappa shape index (κ1) is 22.2. The molecule has 0 atom stereocenters. The first-order chi connectivity index (χ1) is 12.8. The van der Waals surface area contributed by atoms with E-state index < -0.39 is 8.72 Å². The SMILES string of the molecule is CCOc1ccccc1/C=C/CSSc1ccc([N+](=O)[O-])cc1C(Cl)(Cl)Cl. The van der Waals surface area contributed by atoms with Gasteiger partial charge < -0.3 is 4.74 Å². The highest BCUT2D eigenvalue weighted by Gasteiger charge is 2.28. The van der Waals surface area contributed by atoms with Crippen molar-refractivity contribution in [2.75, 3.05) is 12.4 Å². The zero-order chi connectivity index (χ0) is 19.9. The van der Waals surface area contributed by atoms with Gasteiger partial charge in [-0.3, -0.25) is 10.1 Å². The highest BCUT2D eigenvalue weighted by atomic mass is 35.6. The van der Waals surface area contributed by atoms with Crippen molar-refractivity contribution in [1.82, 2.24) is 0 Å². The van der Waals surface area contributed by atoms with Crippen molar-refractivity contribution in [3.8, 4) is 5.75 Å². The summed E-state index contributed by atoms with van der Waals surface area (Å²) in [5, 5.41) is 10.9. The van der Waals surface area contributed by atoms with Crippen LogP contribution in [-0.4, -0.2) is 17.3 Å². The van der Waals surface area contributed by atoms with Crippen LogP contribution in [0.1, 0.15) is 18.1 Å². The molecule has 27 heavy (non-hydrogen) atoms. The molecule has 9 heteroatoms. The zero-order valence-electron chi connectivity index (χ0n) is 14.2. The van der Waals surface area contributed by atoms with E-state index in [1.165, 1.54) is 33.7 Å². The second-order valence-corrected chi connectivity index (χ2v) is 9.84. The molecular formula is C18H16Cl3NO3S2. The van der Waals surface area contributed by atoms with Gasteiger partial charge in [-0.05, 0) is 19.1 Å². The number of ether oxygens (including phenoxy) is 1. The van der Waals surface area contributed by atoms with E-state index in [0.29, 0.717) is 22.8 Å². The Balaban J connectivity index is 2.02. The van der Waals surface area contributed by atoms with Crippen molar-refractivity contribution >= 4 is 68.2 Å². The molecule has 0 saturated heterocycles. The molecule has 0 aromatic heterocycles. The van der Waals surface area contributed by atoms with Crippen molar-refractivity contribution < 1.29 is 9.66 Å². The Morgan fingerprint density at radius 2 is 1.96 bits per heavy atom. The van der Waals surface area contributed by atoms with Crippen LogP contribution in [0.25, 0.3) is 6.08 Å². The van der Waals surface area contributed by atoms with E-state index in [9.17, 15) is 10.1 Å². The van der Waals surface area contributed by atoms with Gasteiger partial charge in [-0.25, -0.2) is 0 Å². The van der Waals surface area contributed by atoms with E-state index in [1.54, 1.807) is 6.07 Å². The molecular weight excluding hydrogens is 449 g/mol. The molecule has 2 aromatic rings. The van der Waals surface area contributed by atoms with Crippen molar-refractivity contribution in [2.24, 2.45) is 0 Å². The van der Waals surface area contributed by atoms with Gasteiger partial charge in [0.25, 0.3) is 5.69 Å². The minimum atomic E-state index is -1.73. The van der Waals surface area contributed by atoms with Crippen LogP contribution >= 0.6 is 56.4 Å². The number of hydrogen-bond donors (Lipinski definition) is 0. The topological polar surface area (TPSA) is 52.4 Å². The predicted octanol–water partition coefficient (Wildman–Crippen LogP) is 7.27. The zero-order valence-corrected chi connectivity index (χ0v) is 18.1. The van der Waals surface area contributed by atoms with Gasteiger partial charge in [0.1, 0.15) is 5.75 Å². The summed E-state index contributed by atoms with van der Waals surface area (Å²) in [4.78, 5) is 11.1. The maximum atomic E-state index is 10.9. The van der Waals surface area contributed by atoms with Crippen LogP contribution < -0.4 is 4.74 Å². The molecule has 0 saturated carbocycles. The predicted molar refractivity (Wildman–Crippen MR) is 117 cm³/mol. The number of benzene rings is 2. The number of hydrogen-bond acceptors (Lipinski definition) is 5. The van der Waals surface area contributed by atoms with Gasteiger partial charge in [0, 0.05) is 33.9 Å². The standard InChI is InChI=1S/C18H16Cl3NO3S2/c1-2-25-16-8-4-3-6-13(16)7-5-11-26-27-17-10-9-14(22(23)24)12-15(17)18(19,20)21/h3-10,12H,2,11H2,1H3/b7-5+. The summed E-state index contributed by atoms with van der Waals surface area (Å²) in [6.07, 6.45) is 4.00. The number of nitro benzene ring substituents is 1. The number of nitro groups is 1. The molecule has 4 nitrogen and oxygen atoms in total. The van der Waals surface area contributed by atoms with E-state index in [-0.39, 0.29) is 5.69 Å². The Morgan fingerprint density at radius 3 is 2.63 bits per heavy atom. The smallest absolute Gasteiger partial charge is 0.269 e. The second-order valence-electron chi connectivity index (χ2n) is 5.18. The summed E-state index contributed by atoms with van der Waals surface area (Å²) in [6, 6.07) is 12.1. The summed E-state index contributed by atoms with van der Waals surface area (Å²) in [6.45, 7) is 2.55. The number of halogens is 3. The molecule has 0 N–H and O–H groups in total. The molecule has 0 amide bonds. The van der Waals surface area contributed by atoms with Crippen LogP contribution in [0.3, 0.4) is 0 Å². The van der Waals surface area contributed by atoms with E-state index in [0.717, 1.165) is 11.3 Å². The molecule has 0 aliphatic carbocycles. The quantitative estimate of drug-likeness (QED) is 0.135. The molecule has 2 rings (SSSR count). The van der Waals surface area contributed by atoms with Gasteiger partial charge in [-0.1, -0.05) is 86.7 Å². The fraction of sp³-hybridized carbons (Fsp3) is 0.222. The molecule has 0 aliphatic rings. The molecule has 0 heterocycles. The average Bonchev–Trinajstić information content (AvgIpc) is 2.62. The Bertz CT molecular complexity index is 826. The minimum Gasteiger partial charge on any atom is -0.493 e. The Kier molecular flexibility index (Phi) is 8.63. The molecule has 2 aromatic carbocycles. The molecule has 0 unspecified atom stereocenters. The van der Waals surface area contributed by atoms with E-state index in [1.807, 2.05) is 43.3 Å². The van der Waals surface area contributed by atoms with Crippen LogP contribution in [0.15, 0.2) is 53.4 Å². The van der Waals surface area contributed by atoms with Crippen molar-refractivity contribution in [1.29, 1.82) is 0 Å². The Hall–Kier alpha value is -1.05. The van der Waals surface area contributed by atoms with Gasteiger partial charge in [0.15, 0.2) is 0 Å².